The minimum Gasteiger partial charge on any atom is -0.309 e. The maximum absolute atomic E-state index is 5.45. The lowest BCUT2D eigenvalue weighted by Gasteiger charge is -2.27. The van der Waals surface area contributed by atoms with Gasteiger partial charge in [0.15, 0.2) is 0 Å². The predicted octanol–water partition coefficient (Wildman–Crippen LogP) is 25.9. The molecule has 0 aliphatic carbocycles. The van der Waals surface area contributed by atoms with E-state index >= 15 is 0 Å². The van der Waals surface area contributed by atoms with Crippen molar-refractivity contribution in [1.82, 2.24) is 29.1 Å². The predicted molar refractivity (Wildman–Crippen MR) is 441 cm³/mol. The molecule has 5 heterocycles. The summed E-state index contributed by atoms with van der Waals surface area (Å²) in [6.07, 6.45) is 3.76. The van der Waals surface area contributed by atoms with Crippen LogP contribution >= 0.6 is 0 Å². The van der Waals surface area contributed by atoms with Crippen molar-refractivity contribution in [1.29, 1.82) is 0 Å². The van der Waals surface area contributed by atoms with Crippen LogP contribution in [0.3, 0.4) is 0 Å². The first-order chi connectivity index (χ1) is 52.5. The van der Waals surface area contributed by atoms with Crippen LogP contribution in [0.25, 0.3) is 155 Å². The second-order valence-electron chi connectivity index (χ2n) is 27.0. The van der Waals surface area contributed by atoms with Gasteiger partial charge in [0.2, 0.25) is 0 Å². The van der Waals surface area contributed by atoms with Crippen LogP contribution in [0.2, 0.25) is 0 Å². The number of para-hydroxylation sites is 4. The van der Waals surface area contributed by atoms with Gasteiger partial charge >= 0.3 is 0 Å². The third-order valence-corrected chi connectivity index (χ3v) is 20.8. The van der Waals surface area contributed by atoms with E-state index in [4.69, 9.17) is 19.9 Å². The van der Waals surface area contributed by atoms with Crippen molar-refractivity contribution in [2.75, 3.05) is 9.80 Å². The summed E-state index contributed by atoms with van der Waals surface area (Å²) in [7, 11) is 0. The zero-order chi connectivity index (χ0) is 70.0. The molecule has 0 unspecified atom stereocenters. The van der Waals surface area contributed by atoms with E-state index in [1.807, 2.05) is 48.8 Å². The highest BCUT2D eigenvalue weighted by molar-refractivity contribution is 6.13. The first kappa shape index (κ1) is 61.5. The zero-order valence-electron chi connectivity index (χ0n) is 57.5. The van der Waals surface area contributed by atoms with Crippen LogP contribution in [-0.2, 0) is 0 Å². The van der Waals surface area contributed by atoms with Gasteiger partial charge in [-0.15, -0.1) is 0 Å². The summed E-state index contributed by atoms with van der Waals surface area (Å²) >= 11 is 0. The van der Waals surface area contributed by atoms with Crippen LogP contribution in [-0.4, -0.2) is 29.1 Å². The van der Waals surface area contributed by atoms with Crippen molar-refractivity contribution in [3.05, 3.63) is 389 Å². The normalized spacial score (nSPS) is 11.6. The fraction of sp³-hybridized carbons (Fsp3) is 0. The molecule has 0 spiro atoms. The Labute approximate surface area is 612 Å². The monoisotopic (exact) mass is 1350 g/mol. The molecule has 106 heavy (non-hydrogen) atoms. The summed E-state index contributed by atoms with van der Waals surface area (Å²) in [6.45, 7) is 0. The molecule has 8 nitrogen and oxygen atoms in total. The highest BCUT2D eigenvalue weighted by atomic mass is 15.2. The van der Waals surface area contributed by atoms with Gasteiger partial charge in [0.1, 0.15) is 0 Å². The van der Waals surface area contributed by atoms with E-state index in [9.17, 15) is 0 Å². The van der Waals surface area contributed by atoms with E-state index < -0.39 is 0 Å². The summed E-state index contributed by atoms with van der Waals surface area (Å²) in [4.78, 5) is 25.6. The topological polar surface area (TPSA) is 67.9 Å². The van der Waals surface area contributed by atoms with Crippen molar-refractivity contribution in [2.45, 2.75) is 0 Å². The van der Waals surface area contributed by atoms with E-state index in [1.54, 1.807) is 0 Å². The van der Waals surface area contributed by atoms with Crippen LogP contribution in [0.5, 0.6) is 0 Å². The van der Waals surface area contributed by atoms with Gasteiger partial charge < -0.3 is 18.9 Å². The second kappa shape index (κ2) is 25.9. The van der Waals surface area contributed by atoms with Gasteiger partial charge in [-0.1, -0.05) is 218 Å². The van der Waals surface area contributed by atoms with Crippen molar-refractivity contribution >= 4 is 111 Å². The van der Waals surface area contributed by atoms with Crippen LogP contribution in [0, 0.1) is 0 Å². The number of fused-ring (bicyclic) bond motifs is 9. The number of nitrogens with zero attached hydrogens (tertiary/aromatic N) is 8. The molecule has 20 aromatic rings. The summed E-state index contributed by atoms with van der Waals surface area (Å²) in [6, 6.07) is 135. The van der Waals surface area contributed by atoms with Crippen LogP contribution < -0.4 is 9.80 Å². The van der Waals surface area contributed by atoms with Crippen molar-refractivity contribution in [3.63, 3.8) is 0 Å². The molecule has 0 aliphatic rings. The average molecular weight is 1350 g/mol. The molecule has 0 atom stereocenters. The van der Waals surface area contributed by atoms with Gasteiger partial charge in [0.25, 0.3) is 0 Å². The van der Waals surface area contributed by atoms with E-state index in [0.29, 0.717) is 0 Å². The fourth-order valence-electron chi connectivity index (χ4n) is 15.7. The van der Waals surface area contributed by atoms with Gasteiger partial charge in [-0.2, -0.15) is 0 Å². The van der Waals surface area contributed by atoms with E-state index in [-0.39, 0.29) is 0 Å². The summed E-state index contributed by atoms with van der Waals surface area (Å²) in [5.41, 5.74) is 28.9. The molecule has 0 amide bonds. The molecule has 496 valence electrons. The lowest BCUT2D eigenvalue weighted by molar-refractivity contribution is 1.17. The first-order valence-corrected chi connectivity index (χ1v) is 35.9. The average Bonchev–Trinajstić information content (AvgIpc) is 1.62. The molecule has 20 rings (SSSR count). The summed E-state index contributed by atoms with van der Waals surface area (Å²) in [5.74, 6) is 0. The minimum absolute atomic E-state index is 0.780. The number of hydrogen-bond acceptors (Lipinski definition) is 6. The maximum atomic E-state index is 5.45. The Morgan fingerprint density at radius 3 is 0.821 bits per heavy atom. The Hall–Kier alpha value is -14.3. The number of rotatable bonds is 14. The quantitative estimate of drug-likeness (QED) is 0.108. The highest BCUT2D eigenvalue weighted by Gasteiger charge is 2.24. The Morgan fingerprint density at radius 1 is 0.217 bits per heavy atom. The molecule has 15 aromatic carbocycles. The highest BCUT2D eigenvalue weighted by Crippen LogP contribution is 2.46. The van der Waals surface area contributed by atoms with Crippen LogP contribution in [0.1, 0.15) is 0 Å². The van der Waals surface area contributed by atoms with E-state index in [2.05, 4.69) is 359 Å². The molecule has 0 radical (unpaired) electrons. The standard InChI is InChI=1S/C98H64N8/c1-5-19-65(20-6-1)73-39-55-89-83(61-73)84-62-74(66-21-7-2-8-22-66)40-56-90(84)105(89)81-51-47-79(48-52-81)103(93-33-15-27-69-29-17-59-99-95(69)93)77-43-35-71(36-44-77)97-98(102-88-32-14-13-31-87(88)101-97)72-37-45-78(46-38-72)104(94-34-16-28-70-30-18-60-100-96(70)94)80-49-53-82(54-50-80)106-91-57-41-75(67-23-9-3-10-24-67)63-85(91)86-64-76(42-58-92(86)106)68-25-11-4-12-26-68/h1-64H. The molecular formula is C98H64N8. The van der Waals surface area contributed by atoms with Gasteiger partial charge in [-0.25, -0.2) is 9.97 Å². The summed E-state index contributed by atoms with van der Waals surface area (Å²) in [5, 5.41) is 6.90. The number of aromatic nitrogens is 6. The Bertz CT molecular complexity index is 6100. The van der Waals surface area contributed by atoms with Gasteiger partial charge in [-0.3, -0.25) is 9.97 Å². The lowest BCUT2D eigenvalue weighted by atomic mass is 10.0. The number of benzene rings is 15. The van der Waals surface area contributed by atoms with Crippen LogP contribution in [0.4, 0.5) is 34.1 Å². The third kappa shape index (κ3) is 10.9. The SMILES string of the molecule is c1ccc(-c2ccc3c(c2)c2cc(-c4ccccc4)ccc2n3-c2ccc(N(c3ccc(-c4nc5ccccc5nc4-c4ccc(N(c5ccc(-n6c7ccc(-c8ccccc8)cc7c7cc(-c8ccccc8)ccc76)cc5)c5cccc6cccnc56)cc4)cc3)c3cccc4cccnc34)cc2)cc1. The Morgan fingerprint density at radius 2 is 0.500 bits per heavy atom. The van der Waals surface area contributed by atoms with Crippen molar-refractivity contribution < 1.29 is 0 Å². The number of pyridine rings is 2. The lowest BCUT2D eigenvalue weighted by Crippen LogP contribution is -2.11. The largest absolute Gasteiger partial charge is 0.309 e. The van der Waals surface area contributed by atoms with Crippen molar-refractivity contribution in [2.24, 2.45) is 0 Å². The van der Waals surface area contributed by atoms with E-state index in [1.165, 1.54) is 66.1 Å². The zero-order valence-corrected chi connectivity index (χ0v) is 57.5. The first-order valence-electron chi connectivity index (χ1n) is 35.9. The Balaban J connectivity index is 0.667. The smallest absolute Gasteiger partial charge is 0.0973 e. The fourth-order valence-corrected chi connectivity index (χ4v) is 15.7. The Kier molecular flexibility index (Phi) is 15.0. The molecule has 0 bridgehead atoms. The van der Waals surface area contributed by atoms with Gasteiger partial charge in [-0.05, 0) is 202 Å². The molecule has 0 fully saturated rings. The number of hydrogen-bond donors (Lipinski definition) is 0. The number of anilines is 6. The molecule has 0 saturated heterocycles. The molecule has 8 heteroatoms. The molecule has 5 aromatic heterocycles. The minimum atomic E-state index is 0.780. The second-order valence-corrected chi connectivity index (χ2v) is 27.0. The summed E-state index contributed by atoms with van der Waals surface area (Å²) < 4.78 is 4.80. The maximum Gasteiger partial charge on any atom is 0.0973 e. The molecule has 0 saturated carbocycles. The molecule has 0 aliphatic heterocycles. The van der Waals surface area contributed by atoms with Gasteiger partial charge in [0, 0.05) is 90.0 Å². The molecule has 0 N–H and O–H groups in total. The van der Waals surface area contributed by atoms with Gasteiger partial charge in [0.05, 0.1) is 66.9 Å². The van der Waals surface area contributed by atoms with Crippen LogP contribution in [0.15, 0.2) is 389 Å². The third-order valence-electron chi connectivity index (χ3n) is 20.8. The molecular weight excluding hydrogens is 1290 g/mol. The van der Waals surface area contributed by atoms with Crippen molar-refractivity contribution in [3.8, 4) is 78.4 Å². The van der Waals surface area contributed by atoms with E-state index in [0.717, 1.165) is 123 Å².